The van der Waals surface area contributed by atoms with Crippen molar-refractivity contribution < 1.29 is 14.9 Å². The Kier molecular flexibility index (Phi) is 5.82. The number of hydrogen-bond acceptors (Lipinski definition) is 7. The number of thiazole rings is 1. The predicted molar refractivity (Wildman–Crippen MR) is 127 cm³/mol. The molecule has 2 aromatic heterocycles. The zero-order valence-electron chi connectivity index (χ0n) is 18.1. The molecule has 0 radical (unpaired) electrons. The Bertz CT molecular complexity index is 1230. The Morgan fingerprint density at radius 3 is 2.78 bits per heavy atom. The smallest absolute Gasteiger partial charge is 0.121 e. The first kappa shape index (κ1) is 21.3. The van der Waals surface area contributed by atoms with E-state index in [1.54, 1.807) is 17.5 Å². The molecule has 1 fully saturated rings. The number of likely N-dealkylation sites (tertiary alicyclic amines) is 1. The number of rotatable bonds is 6. The van der Waals surface area contributed by atoms with Gasteiger partial charge in [-0.25, -0.2) is 4.98 Å². The van der Waals surface area contributed by atoms with Crippen molar-refractivity contribution in [2.75, 3.05) is 19.7 Å². The summed E-state index contributed by atoms with van der Waals surface area (Å²) in [5.74, 6) is 0.770. The highest BCUT2D eigenvalue weighted by atomic mass is 32.1. The number of piperidine rings is 1. The van der Waals surface area contributed by atoms with Gasteiger partial charge < -0.3 is 14.9 Å². The minimum absolute atomic E-state index is 0.422. The normalized spacial score (nSPS) is 17.6. The molecule has 0 unspecified atom stereocenters. The molecule has 0 amide bonds. The summed E-state index contributed by atoms with van der Waals surface area (Å²) in [6.45, 7) is 3.66. The summed E-state index contributed by atoms with van der Waals surface area (Å²) < 4.78 is 7.01. The minimum atomic E-state index is -0.912. The van der Waals surface area contributed by atoms with Gasteiger partial charge in [-0.05, 0) is 44.0 Å². The third kappa shape index (κ3) is 4.34. The molecule has 0 aliphatic carbocycles. The Morgan fingerprint density at radius 1 is 1.12 bits per heavy atom. The Labute approximate surface area is 191 Å². The van der Waals surface area contributed by atoms with Crippen molar-refractivity contribution >= 4 is 32.5 Å². The number of ether oxygens (including phenoxy) is 1. The second-order valence-corrected chi connectivity index (χ2v) is 9.70. The standard InChI is InChI=1S/C25H27N3O3S/c1-17-27-22-15-20(6-7-23(22)32-17)31-13-8-24(29)28-11-9-25(30,10-12-28)19-14-18-4-2-3-5-21(18)26-16-19/h2-7,14-16,24,29-30H,8-13H2,1H3/t24-/m0/s1. The molecule has 0 saturated carbocycles. The van der Waals surface area contributed by atoms with Gasteiger partial charge in [-0.3, -0.25) is 9.88 Å². The van der Waals surface area contributed by atoms with Crippen molar-refractivity contribution in [3.05, 3.63) is 65.3 Å². The van der Waals surface area contributed by atoms with Crippen LogP contribution in [0.15, 0.2) is 54.7 Å². The van der Waals surface area contributed by atoms with Gasteiger partial charge in [0, 0.05) is 42.7 Å². The number of aryl methyl sites for hydroxylation is 1. The maximum atomic E-state index is 11.2. The number of aliphatic hydroxyl groups is 2. The Morgan fingerprint density at radius 2 is 1.94 bits per heavy atom. The molecule has 1 atom stereocenters. The van der Waals surface area contributed by atoms with Crippen LogP contribution in [0.2, 0.25) is 0 Å². The van der Waals surface area contributed by atoms with E-state index in [2.05, 4.69) is 9.97 Å². The largest absolute Gasteiger partial charge is 0.493 e. The number of hydrogen-bond donors (Lipinski definition) is 2. The number of fused-ring (bicyclic) bond motifs is 2. The van der Waals surface area contributed by atoms with E-state index < -0.39 is 11.8 Å². The van der Waals surface area contributed by atoms with Crippen LogP contribution in [-0.4, -0.2) is 51.0 Å². The van der Waals surface area contributed by atoms with E-state index >= 15 is 0 Å². The van der Waals surface area contributed by atoms with Crippen LogP contribution in [0.5, 0.6) is 5.75 Å². The van der Waals surface area contributed by atoms with Gasteiger partial charge in [0.15, 0.2) is 0 Å². The van der Waals surface area contributed by atoms with Gasteiger partial charge in [-0.2, -0.15) is 0 Å². The fraction of sp³-hybridized carbons (Fsp3) is 0.360. The fourth-order valence-corrected chi connectivity index (χ4v) is 5.19. The summed E-state index contributed by atoms with van der Waals surface area (Å²) in [6, 6.07) is 15.9. The van der Waals surface area contributed by atoms with Crippen LogP contribution in [0.1, 0.15) is 29.8 Å². The minimum Gasteiger partial charge on any atom is -0.493 e. The highest BCUT2D eigenvalue weighted by molar-refractivity contribution is 7.18. The van der Waals surface area contributed by atoms with E-state index in [1.807, 2.05) is 60.4 Å². The number of pyridine rings is 1. The van der Waals surface area contributed by atoms with E-state index in [0.29, 0.717) is 39.0 Å². The molecule has 5 rings (SSSR count). The lowest BCUT2D eigenvalue weighted by atomic mass is 9.84. The third-order valence-corrected chi connectivity index (χ3v) is 7.24. The Hall–Kier alpha value is -2.58. The van der Waals surface area contributed by atoms with E-state index in [4.69, 9.17) is 4.74 Å². The molecule has 0 bridgehead atoms. The summed E-state index contributed by atoms with van der Waals surface area (Å²) in [4.78, 5) is 11.0. The molecule has 1 aliphatic rings. The second kappa shape index (κ2) is 8.75. The molecule has 0 spiro atoms. The van der Waals surface area contributed by atoms with E-state index in [9.17, 15) is 10.2 Å². The maximum absolute atomic E-state index is 11.2. The van der Waals surface area contributed by atoms with Crippen molar-refractivity contribution in [3.63, 3.8) is 0 Å². The average Bonchev–Trinajstić information content (AvgIpc) is 3.18. The van der Waals surface area contributed by atoms with E-state index in [0.717, 1.165) is 37.4 Å². The SMILES string of the molecule is Cc1nc2cc(OCC[C@H](O)N3CCC(O)(c4cnc5ccccc5c4)CC3)ccc2s1. The van der Waals surface area contributed by atoms with Crippen LogP contribution < -0.4 is 4.74 Å². The molecule has 6 nitrogen and oxygen atoms in total. The highest BCUT2D eigenvalue weighted by Crippen LogP contribution is 2.34. The monoisotopic (exact) mass is 449 g/mol. The zero-order chi connectivity index (χ0) is 22.1. The number of aliphatic hydroxyl groups excluding tert-OH is 1. The van der Waals surface area contributed by atoms with Gasteiger partial charge in [0.1, 0.15) is 12.0 Å². The van der Waals surface area contributed by atoms with Crippen LogP contribution in [0.25, 0.3) is 21.1 Å². The van der Waals surface area contributed by atoms with Gasteiger partial charge in [0.05, 0.1) is 32.9 Å². The predicted octanol–water partition coefficient (Wildman–Crippen LogP) is 4.22. The van der Waals surface area contributed by atoms with Gasteiger partial charge >= 0.3 is 0 Å². The van der Waals surface area contributed by atoms with Crippen molar-refractivity contribution in [2.45, 2.75) is 38.0 Å². The summed E-state index contributed by atoms with van der Waals surface area (Å²) in [5.41, 5.74) is 1.81. The molecule has 1 aliphatic heterocycles. The van der Waals surface area contributed by atoms with E-state index in [-0.39, 0.29) is 0 Å². The van der Waals surface area contributed by atoms with Crippen LogP contribution >= 0.6 is 11.3 Å². The number of benzene rings is 2. The topological polar surface area (TPSA) is 78.7 Å². The first-order chi connectivity index (χ1) is 15.5. The highest BCUT2D eigenvalue weighted by Gasteiger charge is 2.36. The van der Waals surface area contributed by atoms with Crippen LogP contribution in [0.3, 0.4) is 0 Å². The van der Waals surface area contributed by atoms with Gasteiger partial charge in [0.25, 0.3) is 0 Å². The summed E-state index contributed by atoms with van der Waals surface area (Å²) >= 11 is 1.67. The maximum Gasteiger partial charge on any atom is 0.121 e. The zero-order valence-corrected chi connectivity index (χ0v) is 18.9. The molecule has 166 valence electrons. The van der Waals surface area contributed by atoms with Crippen molar-refractivity contribution in [1.29, 1.82) is 0 Å². The lowest BCUT2D eigenvalue weighted by Gasteiger charge is -2.40. The lowest BCUT2D eigenvalue weighted by molar-refractivity contribution is -0.0819. The van der Waals surface area contributed by atoms with Crippen LogP contribution in [0.4, 0.5) is 0 Å². The molecular formula is C25H27N3O3S. The summed E-state index contributed by atoms with van der Waals surface area (Å²) in [6.07, 6.45) is 2.81. The quantitative estimate of drug-likeness (QED) is 0.459. The van der Waals surface area contributed by atoms with E-state index in [1.165, 1.54) is 0 Å². The molecule has 1 saturated heterocycles. The molecule has 7 heteroatoms. The van der Waals surface area contributed by atoms with Gasteiger partial charge in [-0.1, -0.05) is 18.2 Å². The number of nitrogens with zero attached hydrogens (tertiary/aromatic N) is 3. The summed E-state index contributed by atoms with van der Waals surface area (Å²) in [7, 11) is 0. The summed E-state index contributed by atoms with van der Waals surface area (Å²) in [5, 5.41) is 24.0. The number of para-hydroxylation sites is 1. The molecular weight excluding hydrogens is 422 g/mol. The van der Waals surface area contributed by atoms with Gasteiger partial charge in [0.2, 0.25) is 0 Å². The fourth-order valence-electron chi connectivity index (χ4n) is 4.38. The number of aromatic nitrogens is 2. The second-order valence-electron chi connectivity index (χ2n) is 8.46. The molecule has 2 N–H and O–H groups in total. The first-order valence-electron chi connectivity index (χ1n) is 11.0. The third-order valence-electron chi connectivity index (χ3n) is 6.29. The molecule has 32 heavy (non-hydrogen) atoms. The van der Waals surface area contributed by atoms with Crippen molar-refractivity contribution in [1.82, 2.24) is 14.9 Å². The van der Waals surface area contributed by atoms with Crippen molar-refractivity contribution in [3.8, 4) is 5.75 Å². The molecule has 2 aromatic carbocycles. The van der Waals surface area contributed by atoms with Crippen LogP contribution in [-0.2, 0) is 5.60 Å². The average molecular weight is 450 g/mol. The first-order valence-corrected chi connectivity index (χ1v) is 11.8. The lowest BCUT2D eigenvalue weighted by Crippen LogP contribution is -2.47. The Balaban J connectivity index is 1.15. The van der Waals surface area contributed by atoms with Crippen LogP contribution in [0, 0.1) is 6.92 Å². The molecule has 3 heterocycles. The van der Waals surface area contributed by atoms with Gasteiger partial charge in [-0.15, -0.1) is 11.3 Å². The van der Waals surface area contributed by atoms with Crippen molar-refractivity contribution in [2.24, 2.45) is 0 Å². The molecule has 4 aromatic rings.